The Balaban J connectivity index is 2.22. The Morgan fingerprint density at radius 3 is 2.72 bits per heavy atom. The number of sulfonamides is 1. The van der Waals surface area contributed by atoms with E-state index in [4.69, 9.17) is 0 Å². The van der Waals surface area contributed by atoms with Crippen molar-refractivity contribution in [2.45, 2.75) is 35.7 Å². The van der Waals surface area contributed by atoms with E-state index in [1.54, 1.807) is 11.4 Å². The fourth-order valence-corrected chi connectivity index (χ4v) is 4.93. The molecule has 2 rings (SSSR count). The molecule has 3 nitrogen and oxygen atoms in total. The van der Waals surface area contributed by atoms with Gasteiger partial charge >= 0.3 is 6.18 Å². The molecule has 0 amide bonds. The molecule has 2 heterocycles. The van der Waals surface area contributed by atoms with Crippen molar-refractivity contribution in [1.29, 1.82) is 0 Å². The summed E-state index contributed by atoms with van der Waals surface area (Å²) in [5.74, 6) is 0. The Hall–Kier alpha value is -0.600. The number of thiophene rings is 1. The van der Waals surface area contributed by atoms with Gasteiger partial charge in [0.1, 0.15) is 4.21 Å². The van der Waals surface area contributed by atoms with Gasteiger partial charge in [0.15, 0.2) is 0 Å². The van der Waals surface area contributed by atoms with Crippen molar-refractivity contribution < 1.29 is 21.6 Å². The molecule has 1 aliphatic rings. The van der Waals surface area contributed by atoms with Crippen molar-refractivity contribution >= 4 is 21.4 Å². The van der Waals surface area contributed by atoms with Gasteiger partial charge in [-0.3, -0.25) is 0 Å². The van der Waals surface area contributed by atoms with E-state index in [-0.39, 0.29) is 17.2 Å². The SMILES string of the molecule is O=S(=O)(c1cccs1)N1CCCC1CC(F)(F)F. The first-order chi connectivity index (χ1) is 8.31. The molecule has 1 aliphatic heterocycles. The van der Waals surface area contributed by atoms with Crippen molar-refractivity contribution in [2.75, 3.05) is 6.54 Å². The van der Waals surface area contributed by atoms with Crippen LogP contribution in [-0.2, 0) is 10.0 Å². The highest BCUT2D eigenvalue weighted by Gasteiger charge is 2.42. The van der Waals surface area contributed by atoms with Gasteiger partial charge < -0.3 is 0 Å². The Morgan fingerprint density at radius 2 is 2.17 bits per heavy atom. The molecule has 0 bridgehead atoms. The van der Waals surface area contributed by atoms with Gasteiger partial charge in [-0.1, -0.05) is 6.07 Å². The number of hydrogen-bond acceptors (Lipinski definition) is 3. The van der Waals surface area contributed by atoms with E-state index in [0.717, 1.165) is 15.6 Å². The number of nitrogens with zero attached hydrogens (tertiary/aromatic N) is 1. The highest BCUT2D eigenvalue weighted by atomic mass is 32.2. The second kappa shape index (κ2) is 4.82. The third kappa shape index (κ3) is 2.86. The zero-order valence-electron chi connectivity index (χ0n) is 9.35. The van der Waals surface area contributed by atoms with E-state index in [0.29, 0.717) is 6.42 Å². The minimum absolute atomic E-state index is 0.108. The molecular formula is C10H12F3NO2S2. The fourth-order valence-electron chi connectivity index (χ4n) is 2.12. The van der Waals surface area contributed by atoms with E-state index in [9.17, 15) is 21.6 Å². The van der Waals surface area contributed by atoms with Crippen molar-refractivity contribution in [2.24, 2.45) is 0 Å². The van der Waals surface area contributed by atoms with Crippen LogP contribution in [0.2, 0.25) is 0 Å². The zero-order chi connectivity index (χ0) is 13.4. The largest absolute Gasteiger partial charge is 0.390 e. The quantitative estimate of drug-likeness (QED) is 0.860. The summed E-state index contributed by atoms with van der Waals surface area (Å²) >= 11 is 1.03. The first-order valence-electron chi connectivity index (χ1n) is 5.43. The molecule has 102 valence electrons. The Bertz CT molecular complexity index is 496. The highest BCUT2D eigenvalue weighted by molar-refractivity contribution is 7.91. The maximum absolute atomic E-state index is 12.4. The van der Waals surface area contributed by atoms with Gasteiger partial charge in [-0.15, -0.1) is 11.3 Å². The second-order valence-corrected chi connectivity index (χ2v) is 7.23. The van der Waals surface area contributed by atoms with Gasteiger partial charge in [-0.25, -0.2) is 8.42 Å². The van der Waals surface area contributed by atoms with Gasteiger partial charge in [0.05, 0.1) is 6.42 Å². The lowest BCUT2D eigenvalue weighted by Crippen LogP contribution is -2.37. The number of halogens is 3. The van der Waals surface area contributed by atoms with Crippen molar-refractivity contribution in [3.63, 3.8) is 0 Å². The minimum Gasteiger partial charge on any atom is -0.206 e. The topological polar surface area (TPSA) is 37.4 Å². The predicted octanol–water partition coefficient (Wildman–Crippen LogP) is 2.85. The predicted molar refractivity (Wildman–Crippen MR) is 61.9 cm³/mol. The lowest BCUT2D eigenvalue weighted by atomic mass is 10.1. The number of alkyl halides is 3. The standard InChI is InChI=1S/C10H12F3NO2S2/c11-10(12,13)7-8-3-1-5-14(8)18(15,16)9-4-2-6-17-9/h2,4,6,8H,1,3,5,7H2. The van der Waals surface area contributed by atoms with Crippen LogP contribution < -0.4 is 0 Å². The van der Waals surface area contributed by atoms with Crippen LogP contribution in [0.4, 0.5) is 13.2 Å². The number of hydrogen-bond donors (Lipinski definition) is 0. The van der Waals surface area contributed by atoms with Crippen LogP contribution in [0.15, 0.2) is 21.7 Å². The Kier molecular flexibility index (Phi) is 3.70. The van der Waals surface area contributed by atoms with E-state index in [1.165, 1.54) is 6.07 Å². The molecule has 1 aromatic heterocycles. The van der Waals surface area contributed by atoms with Crippen LogP contribution in [0.3, 0.4) is 0 Å². The van der Waals surface area contributed by atoms with Crippen LogP contribution >= 0.6 is 11.3 Å². The molecule has 1 fully saturated rings. The summed E-state index contributed by atoms with van der Waals surface area (Å²) in [4.78, 5) is 0. The summed E-state index contributed by atoms with van der Waals surface area (Å²) < 4.78 is 62.6. The molecule has 0 aromatic carbocycles. The average molecular weight is 299 g/mol. The summed E-state index contributed by atoms with van der Waals surface area (Å²) in [5.41, 5.74) is 0. The average Bonchev–Trinajstić information content (AvgIpc) is 2.82. The molecule has 0 saturated carbocycles. The molecule has 0 N–H and O–H groups in total. The summed E-state index contributed by atoms with van der Waals surface area (Å²) in [6.45, 7) is 0.168. The molecule has 0 spiro atoms. The smallest absolute Gasteiger partial charge is 0.206 e. The fraction of sp³-hybridized carbons (Fsp3) is 0.600. The molecule has 0 aliphatic carbocycles. The third-order valence-corrected chi connectivity index (χ3v) is 6.17. The maximum Gasteiger partial charge on any atom is 0.390 e. The first kappa shape index (κ1) is 13.8. The van der Waals surface area contributed by atoms with Gasteiger partial charge in [0, 0.05) is 12.6 Å². The molecule has 0 radical (unpaired) electrons. The van der Waals surface area contributed by atoms with Gasteiger partial charge in [0.25, 0.3) is 10.0 Å². The third-order valence-electron chi connectivity index (χ3n) is 2.85. The van der Waals surface area contributed by atoms with Crippen LogP contribution in [0.25, 0.3) is 0 Å². The molecule has 1 unspecified atom stereocenters. The molecule has 1 atom stereocenters. The molecule has 18 heavy (non-hydrogen) atoms. The molecule has 1 saturated heterocycles. The highest BCUT2D eigenvalue weighted by Crippen LogP contribution is 2.34. The van der Waals surface area contributed by atoms with Crippen molar-refractivity contribution in [1.82, 2.24) is 4.31 Å². The Morgan fingerprint density at radius 1 is 1.44 bits per heavy atom. The molecule has 8 heteroatoms. The first-order valence-corrected chi connectivity index (χ1v) is 7.75. The second-order valence-electron chi connectivity index (χ2n) is 4.16. The van der Waals surface area contributed by atoms with Crippen molar-refractivity contribution in [3.8, 4) is 0 Å². The van der Waals surface area contributed by atoms with Gasteiger partial charge in [-0.05, 0) is 24.3 Å². The Labute approximate surface area is 107 Å². The summed E-state index contributed by atoms with van der Waals surface area (Å²) in [5, 5.41) is 1.60. The van der Waals surface area contributed by atoms with Gasteiger partial charge in [-0.2, -0.15) is 17.5 Å². The monoisotopic (exact) mass is 299 g/mol. The van der Waals surface area contributed by atoms with E-state index < -0.39 is 28.7 Å². The number of rotatable bonds is 3. The van der Waals surface area contributed by atoms with Crippen LogP contribution in [-0.4, -0.2) is 31.5 Å². The van der Waals surface area contributed by atoms with E-state index in [1.807, 2.05) is 0 Å². The molecular weight excluding hydrogens is 287 g/mol. The van der Waals surface area contributed by atoms with Crippen LogP contribution in [0.5, 0.6) is 0 Å². The van der Waals surface area contributed by atoms with Crippen molar-refractivity contribution in [3.05, 3.63) is 17.5 Å². The lowest BCUT2D eigenvalue weighted by Gasteiger charge is -2.24. The van der Waals surface area contributed by atoms with E-state index >= 15 is 0 Å². The minimum atomic E-state index is -4.34. The summed E-state index contributed by atoms with van der Waals surface area (Å²) in [6.07, 6.45) is -4.66. The van der Waals surface area contributed by atoms with Crippen LogP contribution in [0.1, 0.15) is 19.3 Å². The lowest BCUT2D eigenvalue weighted by molar-refractivity contribution is -0.142. The summed E-state index contributed by atoms with van der Waals surface area (Å²) in [7, 11) is -3.77. The molecule has 1 aromatic rings. The van der Waals surface area contributed by atoms with Gasteiger partial charge in [0.2, 0.25) is 0 Å². The van der Waals surface area contributed by atoms with E-state index in [2.05, 4.69) is 0 Å². The summed E-state index contributed by atoms with van der Waals surface area (Å²) in [6, 6.07) is 2.03. The maximum atomic E-state index is 12.4. The zero-order valence-corrected chi connectivity index (χ0v) is 11.0. The normalized spacial score (nSPS) is 22.5. The van der Waals surface area contributed by atoms with Crippen LogP contribution in [0, 0.1) is 0 Å².